The highest BCUT2D eigenvalue weighted by Gasteiger charge is 2.13. The van der Waals surface area contributed by atoms with Gasteiger partial charge in [-0.15, -0.1) is 12.3 Å². The number of hydrogen-bond donors (Lipinski definition) is 1. The Morgan fingerprint density at radius 2 is 2.00 bits per heavy atom. The fourth-order valence-corrected chi connectivity index (χ4v) is 2.58. The fraction of sp³-hybridized carbons (Fsp3) is 0.316. The molecule has 0 saturated heterocycles. The minimum Gasteiger partial charge on any atom is -0.496 e. The Hall–Kier alpha value is -2.31. The van der Waals surface area contributed by atoms with Gasteiger partial charge in [0.05, 0.1) is 12.8 Å². The Kier molecular flexibility index (Phi) is 5.57. The number of aryl methyl sites for hydroxylation is 1. The van der Waals surface area contributed by atoms with Gasteiger partial charge < -0.3 is 10.1 Å². The van der Waals surface area contributed by atoms with Gasteiger partial charge in [0.2, 0.25) is 0 Å². The van der Waals surface area contributed by atoms with Gasteiger partial charge in [-0.2, -0.15) is 0 Å². The standard InChI is InChI=1S/C19H22N2O/c1-5-9-17(16-10-7-6-8-11-16)21-13-18-15(3)19(22-4)14(2)12-20-18/h1,6-8,10-12,17,21H,9,13H2,2-4H3/t17-/m1/s1. The van der Waals surface area contributed by atoms with E-state index in [1.165, 1.54) is 5.56 Å². The minimum atomic E-state index is 0.125. The van der Waals surface area contributed by atoms with Crippen molar-refractivity contribution in [3.63, 3.8) is 0 Å². The average molecular weight is 294 g/mol. The van der Waals surface area contributed by atoms with E-state index in [4.69, 9.17) is 11.2 Å². The zero-order valence-corrected chi connectivity index (χ0v) is 13.4. The molecule has 3 nitrogen and oxygen atoms in total. The first-order valence-electron chi connectivity index (χ1n) is 7.38. The Balaban J connectivity index is 2.15. The molecule has 0 spiro atoms. The fourth-order valence-electron chi connectivity index (χ4n) is 2.58. The molecule has 22 heavy (non-hydrogen) atoms. The van der Waals surface area contributed by atoms with E-state index in [0.717, 1.165) is 22.6 Å². The van der Waals surface area contributed by atoms with Crippen molar-refractivity contribution in [2.45, 2.75) is 32.9 Å². The van der Waals surface area contributed by atoms with E-state index in [1.54, 1.807) is 7.11 Å². The molecule has 2 rings (SSSR count). The van der Waals surface area contributed by atoms with E-state index in [-0.39, 0.29) is 6.04 Å². The van der Waals surface area contributed by atoms with Gasteiger partial charge in [0.1, 0.15) is 5.75 Å². The quantitative estimate of drug-likeness (QED) is 0.827. The summed E-state index contributed by atoms with van der Waals surface area (Å²) in [6.45, 7) is 4.69. The van der Waals surface area contributed by atoms with Crippen molar-refractivity contribution in [2.75, 3.05) is 7.11 Å². The highest BCUT2D eigenvalue weighted by molar-refractivity contribution is 5.41. The first-order valence-corrected chi connectivity index (χ1v) is 7.38. The third-order valence-corrected chi connectivity index (χ3v) is 3.79. The molecule has 1 aromatic heterocycles. The number of terminal acetylenes is 1. The molecule has 3 heteroatoms. The monoisotopic (exact) mass is 294 g/mol. The largest absolute Gasteiger partial charge is 0.496 e. The smallest absolute Gasteiger partial charge is 0.128 e. The summed E-state index contributed by atoms with van der Waals surface area (Å²) < 4.78 is 5.46. The maximum absolute atomic E-state index is 5.51. The molecule has 1 atom stereocenters. The number of methoxy groups -OCH3 is 1. The molecule has 0 aliphatic carbocycles. The number of pyridine rings is 1. The van der Waals surface area contributed by atoms with Crippen LogP contribution in [0.2, 0.25) is 0 Å². The second kappa shape index (κ2) is 7.63. The third-order valence-electron chi connectivity index (χ3n) is 3.79. The Labute approximate surface area is 132 Å². The van der Waals surface area contributed by atoms with Crippen LogP contribution in [0.15, 0.2) is 36.5 Å². The number of ether oxygens (including phenoxy) is 1. The normalized spacial score (nSPS) is 11.7. The summed E-state index contributed by atoms with van der Waals surface area (Å²) in [5.74, 6) is 3.64. The zero-order chi connectivity index (χ0) is 15.9. The van der Waals surface area contributed by atoms with Gasteiger partial charge in [-0.25, -0.2) is 0 Å². The topological polar surface area (TPSA) is 34.2 Å². The summed E-state index contributed by atoms with van der Waals surface area (Å²) in [6.07, 6.45) is 8.00. The third kappa shape index (κ3) is 3.66. The lowest BCUT2D eigenvalue weighted by Crippen LogP contribution is -2.22. The predicted molar refractivity (Wildman–Crippen MR) is 89.7 cm³/mol. The van der Waals surface area contributed by atoms with Crippen molar-refractivity contribution in [2.24, 2.45) is 0 Å². The van der Waals surface area contributed by atoms with E-state index >= 15 is 0 Å². The molecule has 0 aliphatic heterocycles. The lowest BCUT2D eigenvalue weighted by molar-refractivity contribution is 0.406. The summed E-state index contributed by atoms with van der Waals surface area (Å²) in [5, 5.41) is 3.50. The summed E-state index contributed by atoms with van der Waals surface area (Å²) in [4.78, 5) is 4.52. The lowest BCUT2D eigenvalue weighted by atomic mass is 10.0. The van der Waals surface area contributed by atoms with Crippen LogP contribution in [0.3, 0.4) is 0 Å². The number of hydrogen-bond acceptors (Lipinski definition) is 3. The molecule has 0 bridgehead atoms. The van der Waals surface area contributed by atoms with Crippen LogP contribution in [0.1, 0.15) is 34.8 Å². The van der Waals surface area contributed by atoms with Crippen molar-refractivity contribution in [3.05, 3.63) is 58.9 Å². The number of benzene rings is 1. The zero-order valence-electron chi connectivity index (χ0n) is 13.4. The first kappa shape index (κ1) is 16.1. The Morgan fingerprint density at radius 3 is 2.64 bits per heavy atom. The molecule has 0 saturated carbocycles. The molecule has 0 fully saturated rings. The van der Waals surface area contributed by atoms with Crippen LogP contribution in [-0.2, 0) is 6.54 Å². The molecule has 1 aromatic carbocycles. The maximum Gasteiger partial charge on any atom is 0.128 e. The lowest BCUT2D eigenvalue weighted by Gasteiger charge is -2.18. The SMILES string of the molecule is C#CC[C@@H](NCc1ncc(C)c(OC)c1C)c1ccccc1. The number of nitrogens with zero attached hydrogens (tertiary/aromatic N) is 1. The van der Waals surface area contributed by atoms with Crippen molar-refractivity contribution in [1.29, 1.82) is 0 Å². The van der Waals surface area contributed by atoms with E-state index in [9.17, 15) is 0 Å². The van der Waals surface area contributed by atoms with E-state index < -0.39 is 0 Å². The van der Waals surface area contributed by atoms with E-state index in [1.807, 2.05) is 38.2 Å². The highest BCUT2D eigenvalue weighted by Crippen LogP contribution is 2.24. The van der Waals surface area contributed by atoms with Crippen LogP contribution in [0.25, 0.3) is 0 Å². The molecule has 1 N–H and O–H groups in total. The molecular formula is C19H22N2O. The predicted octanol–water partition coefficient (Wildman–Crippen LogP) is 3.56. The molecular weight excluding hydrogens is 272 g/mol. The molecule has 0 aliphatic rings. The second-order valence-electron chi connectivity index (χ2n) is 5.30. The van der Waals surface area contributed by atoms with Gasteiger partial charge >= 0.3 is 0 Å². The summed E-state index contributed by atoms with van der Waals surface area (Å²) in [7, 11) is 1.69. The van der Waals surface area contributed by atoms with Gasteiger partial charge in [-0.3, -0.25) is 4.98 Å². The number of rotatable bonds is 6. The average Bonchev–Trinajstić information content (AvgIpc) is 2.54. The second-order valence-corrected chi connectivity index (χ2v) is 5.30. The first-order chi connectivity index (χ1) is 10.7. The van der Waals surface area contributed by atoms with Gasteiger partial charge in [0.25, 0.3) is 0 Å². The minimum absolute atomic E-state index is 0.125. The molecule has 0 radical (unpaired) electrons. The van der Waals surface area contributed by atoms with Crippen molar-refractivity contribution < 1.29 is 4.74 Å². The number of aromatic nitrogens is 1. The molecule has 0 unspecified atom stereocenters. The van der Waals surface area contributed by atoms with Gasteiger partial charge in [-0.1, -0.05) is 30.3 Å². The molecule has 1 heterocycles. The van der Waals surface area contributed by atoms with Gasteiger partial charge in [0, 0.05) is 36.3 Å². The van der Waals surface area contributed by atoms with Gasteiger partial charge in [-0.05, 0) is 19.4 Å². The van der Waals surface area contributed by atoms with Gasteiger partial charge in [0.15, 0.2) is 0 Å². The molecule has 0 amide bonds. The van der Waals surface area contributed by atoms with Crippen LogP contribution in [0.4, 0.5) is 0 Å². The van der Waals surface area contributed by atoms with E-state index in [0.29, 0.717) is 13.0 Å². The van der Waals surface area contributed by atoms with E-state index in [2.05, 4.69) is 28.4 Å². The molecule has 2 aromatic rings. The molecule has 114 valence electrons. The van der Waals surface area contributed by atoms with Crippen molar-refractivity contribution >= 4 is 0 Å². The summed E-state index contributed by atoms with van der Waals surface area (Å²) in [6, 6.07) is 10.4. The van der Waals surface area contributed by atoms with Crippen LogP contribution < -0.4 is 10.1 Å². The Morgan fingerprint density at radius 1 is 1.27 bits per heavy atom. The Bertz CT molecular complexity index is 659. The van der Waals surface area contributed by atoms with Crippen molar-refractivity contribution in [1.82, 2.24) is 10.3 Å². The van der Waals surface area contributed by atoms with Crippen molar-refractivity contribution in [3.8, 4) is 18.1 Å². The van der Waals surface area contributed by atoms with Crippen LogP contribution in [0.5, 0.6) is 5.75 Å². The highest BCUT2D eigenvalue weighted by atomic mass is 16.5. The van der Waals surface area contributed by atoms with Crippen LogP contribution in [0, 0.1) is 26.2 Å². The maximum atomic E-state index is 5.51. The van der Waals surface area contributed by atoms with Crippen LogP contribution >= 0.6 is 0 Å². The summed E-state index contributed by atoms with van der Waals surface area (Å²) >= 11 is 0. The number of nitrogens with one attached hydrogen (secondary N) is 1. The summed E-state index contributed by atoms with van der Waals surface area (Å²) in [5.41, 5.74) is 4.30. The van der Waals surface area contributed by atoms with Crippen LogP contribution in [-0.4, -0.2) is 12.1 Å².